The largest absolute Gasteiger partial charge is 0.484 e. The fraction of sp³-hybridized carbons (Fsp3) is 0.462. The van der Waals surface area contributed by atoms with Crippen molar-refractivity contribution in [1.29, 1.82) is 0 Å². The zero-order chi connectivity index (χ0) is 15.1. The van der Waals surface area contributed by atoms with Gasteiger partial charge in [-0.05, 0) is 19.4 Å². The molecule has 0 atom stereocenters. The fourth-order valence-corrected chi connectivity index (χ4v) is 2.02. The van der Waals surface area contributed by atoms with Crippen LogP contribution in [-0.4, -0.2) is 30.5 Å². The van der Waals surface area contributed by atoms with Crippen LogP contribution in [0.3, 0.4) is 0 Å². The average molecular weight is 346 g/mol. The molecule has 0 N–H and O–H groups in total. The van der Waals surface area contributed by atoms with Gasteiger partial charge in [-0.25, -0.2) is 0 Å². The van der Waals surface area contributed by atoms with Gasteiger partial charge in [-0.3, -0.25) is 14.9 Å². The maximum atomic E-state index is 11.6. The second-order valence-corrected chi connectivity index (χ2v) is 4.99. The Hall–Kier alpha value is -1.47. The second-order valence-electron chi connectivity index (χ2n) is 4.08. The van der Waals surface area contributed by atoms with Gasteiger partial charge in [0, 0.05) is 17.1 Å². The highest BCUT2D eigenvalue weighted by molar-refractivity contribution is 9.10. The number of nitro groups is 1. The van der Waals surface area contributed by atoms with Gasteiger partial charge >= 0.3 is 5.69 Å². The highest BCUT2D eigenvalue weighted by Gasteiger charge is 2.23. The molecule has 1 rings (SSSR count). The van der Waals surface area contributed by atoms with Crippen molar-refractivity contribution in [3.8, 4) is 5.75 Å². The molecule has 0 aliphatic heterocycles. The van der Waals surface area contributed by atoms with Crippen molar-refractivity contribution in [3.05, 3.63) is 32.3 Å². The molecule has 0 aliphatic carbocycles. The maximum absolute atomic E-state index is 11.6. The minimum Gasteiger partial charge on any atom is -0.484 e. The quantitative estimate of drug-likeness (QED) is 0.312. The van der Waals surface area contributed by atoms with E-state index in [4.69, 9.17) is 9.47 Å². The summed E-state index contributed by atoms with van der Waals surface area (Å²) in [6.45, 7) is 4.40. The van der Waals surface area contributed by atoms with E-state index in [2.05, 4.69) is 15.9 Å². The molecule has 0 fully saturated rings. The first kappa shape index (κ1) is 16.6. The molecule has 0 heterocycles. The highest BCUT2D eigenvalue weighted by Crippen LogP contribution is 2.34. The number of carbonyl (C=O) groups is 1. The monoisotopic (exact) mass is 345 g/mol. The van der Waals surface area contributed by atoms with Crippen LogP contribution in [0.15, 0.2) is 16.6 Å². The molecule has 1 aromatic rings. The van der Waals surface area contributed by atoms with Crippen molar-refractivity contribution in [2.45, 2.75) is 20.3 Å². The van der Waals surface area contributed by atoms with Gasteiger partial charge in [0.25, 0.3) is 0 Å². The van der Waals surface area contributed by atoms with E-state index in [1.165, 1.54) is 19.1 Å². The Morgan fingerprint density at radius 3 is 2.60 bits per heavy atom. The topological polar surface area (TPSA) is 78.7 Å². The predicted molar refractivity (Wildman–Crippen MR) is 77.4 cm³/mol. The second kappa shape index (κ2) is 7.96. The third-order valence-corrected chi connectivity index (χ3v) is 2.89. The van der Waals surface area contributed by atoms with Crippen molar-refractivity contribution in [1.82, 2.24) is 0 Å². The van der Waals surface area contributed by atoms with Crippen molar-refractivity contribution in [2.24, 2.45) is 0 Å². The summed E-state index contributed by atoms with van der Waals surface area (Å²) in [6, 6.07) is 2.83. The van der Waals surface area contributed by atoms with Crippen LogP contribution in [-0.2, 0) is 4.74 Å². The molecule has 6 nitrogen and oxygen atoms in total. The van der Waals surface area contributed by atoms with Crippen LogP contribution in [0.1, 0.15) is 30.6 Å². The zero-order valence-electron chi connectivity index (χ0n) is 11.3. The number of nitrogens with zero attached hydrogens (tertiary/aromatic N) is 1. The van der Waals surface area contributed by atoms with E-state index >= 15 is 0 Å². The number of Topliss-reactive ketones (excluding diaryl/α,β-unsaturated/α-hetero) is 1. The lowest BCUT2D eigenvalue weighted by molar-refractivity contribution is -0.386. The van der Waals surface area contributed by atoms with Crippen LogP contribution in [0.4, 0.5) is 5.69 Å². The van der Waals surface area contributed by atoms with Crippen LogP contribution < -0.4 is 4.74 Å². The first-order valence-electron chi connectivity index (χ1n) is 6.16. The van der Waals surface area contributed by atoms with Gasteiger partial charge in [0.15, 0.2) is 5.78 Å². The number of halogens is 1. The Labute approximate surface area is 125 Å². The maximum Gasteiger partial charge on any atom is 0.312 e. The van der Waals surface area contributed by atoms with Crippen molar-refractivity contribution in [2.75, 3.05) is 19.8 Å². The summed E-state index contributed by atoms with van der Waals surface area (Å²) in [6.07, 6.45) is 0.886. The number of hydrogen-bond acceptors (Lipinski definition) is 5. The van der Waals surface area contributed by atoms with E-state index in [0.717, 1.165) is 6.42 Å². The smallest absolute Gasteiger partial charge is 0.312 e. The van der Waals surface area contributed by atoms with E-state index in [-0.39, 0.29) is 29.4 Å². The molecular weight excluding hydrogens is 330 g/mol. The van der Waals surface area contributed by atoms with Gasteiger partial charge in [-0.15, -0.1) is 0 Å². The number of rotatable bonds is 8. The average Bonchev–Trinajstić information content (AvgIpc) is 2.38. The molecule has 110 valence electrons. The Kier molecular flexibility index (Phi) is 6.60. The van der Waals surface area contributed by atoms with Crippen molar-refractivity contribution >= 4 is 27.4 Å². The zero-order valence-corrected chi connectivity index (χ0v) is 12.9. The molecule has 0 saturated heterocycles. The summed E-state index contributed by atoms with van der Waals surface area (Å²) < 4.78 is 11.1. The molecule has 0 amide bonds. The minimum atomic E-state index is -0.570. The summed E-state index contributed by atoms with van der Waals surface area (Å²) in [5, 5.41) is 11.0. The van der Waals surface area contributed by atoms with E-state index in [0.29, 0.717) is 17.7 Å². The first-order chi connectivity index (χ1) is 9.47. The van der Waals surface area contributed by atoms with Crippen molar-refractivity contribution in [3.63, 3.8) is 0 Å². The Bertz CT molecular complexity index is 469. The molecule has 0 spiro atoms. The van der Waals surface area contributed by atoms with Crippen LogP contribution in [0.25, 0.3) is 0 Å². The normalized spacial score (nSPS) is 10.3. The summed E-state index contributed by atoms with van der Waals surface area (Å²) in [5.74, 6) is -0.301. The van der Waals surface area contributed by atoms with Crippen LogP contribution in [0.5, 0.6) is 5.75 Å². The lowest BCUT2D eigenvalue weighted by Crippen LogP contribution is -2.11. The molecule has 0 unspecified atom stereocenters. The van der Waals surface area contributed by atoms with Gasteiger partial charge in [-0.1, -0.05) is 22.9 Å². The third-order valence-electron chi connectivity index (χ3n) is 2.43. The summed E-state index contributed by atoms with van der Waals surface area (Å²) >= 11 is 3.15. The molecule has 0 aromatic heterocycles. The number of ether oxygens (including phenoxy) is 2. The number of nitro benzene ring substituents is 1. The predicted octanol–water partition coefficient (Wildman–Crippen LogP) is 3.37. The molecule has 0 bridgehead atoms. The molecule has 0 aliphatic rings. The molecule has 1 aromatic carbocycles. The summed E-state index contributed by atoms with van der Waals surface area (Å²) in [4.78, 5) is 22.0. The number of carbonyl (C=O) groups excluding carboxylic acids is 1. The highest BCUT2D eigenvalue weighted by atomic mass is 79.9. The van der Waals surface area contributed by atoms with Gasteiger partial charge in [0.2, 0.25) is 5.75 Å². The van der Waals surface area contributed by atoms with Gasteiger partial charge in [0.05, 0.1) is 17.1 Å². The van der Waals surface area contributed by atoms with E-state index in [9.17, 15) is 14.9 Å². The summed E-state index contributed by atoms with van der Waals surface area (Å²) in [7, 11) is 0. The van der Waals surface area contributed by atoms with Gasteiger partial charge < -0.3 is 9.47 Å². The molecule has 0 saturated carbocycles. The Morgan fingerprint density at radius 2 is 2.05 bits per heavy atom. The Morgan fingerprint density at radius 1 is 1.35 bits per heavy atom. The van der Waals surface area contributed by atoms with Crippen molar-refractivity contribution < 1.29 is 19.2 Å². The first-order valence-corrected chi connectivity index (χ1v) is 6.96. The number of ketones is 1. The number of hydrogen-bond donors (Lipinski definition) is 0. The minimum absolute atomic E-state index is 0.00852. The van der Waals surface area contributed by atoms with E-state index in [1.807, 2.05) is 6.92 Å². The third kappa shape index (κ3) is 4.57. The van der Waals surface area contributed by atoms with E-state index in [1.54, 1.807) is 0 Å². The molecular formula is C13H16BrNO5. The van der Waals surface area contributed by atoms with Crippen LogP contribution >= 0.6 is 15.9 Å². The summed E-state index contributed by atoms with van der Waals surface area (Å²) in [5.41, 5.74) is -0.0540. The molecule has 20 heavy (non-hydrogen) atoms. The lowest BCUT2D eigenvalue weighted by atomic mass is 10.1. The van der Waals surface area contributed by atoms with Crippen LogP contribution in [0.2, 0.25) is 0 Å². The number of benzene rings is 1. The molecule has 0 radical (unpaired) electrons. The van der Waals surface area contributed by atoms with Crippen LogP contribution in [0, 0.1) is 10.1 Å². The SMILES string of the molecule is CCCOCCOc1c(C(C)=O)cc(Br)cc1[N+](=O)[O-]. The van der Waals surface area contributed by atoms with Gasteiger partial charge in [-0.2, -0.15) is 0 Å². The van der Waals surface area contributed by atoms with Gasteiger partial charge in [0.1, 0.15) is 6.61 Å². The standard InChI is InChI=1S/C13H16BrNO5/c1-3-4-19-5-6-20-13-11(9(2)16)7-10(14)8-12(13)15(17)18/h7-8H,3-6H2,1-2H3. The lowest BCUT2D eigenvalue weighted by Gasteiger charge is -2.11. The molecule has 7 heteroatoms. The fourth-order valence-electron chi connectivity index (χ4n) is 1.58. The Balaban J connectivity index is 2.95. The van der Waals surface area contributed by atoms with E-state index < -0.39 is 4.92 Å².